The molecule has 0 aliphatic heterocycles. The van der Waals surface area contributed by atoms with E-state index in [2.05, 4.69) is 10.2 Å². The standard InChI is InChI=1S/C13H11FN4/c1-8-6-9(2-4-11(8)14)13-17-16-12-5-3-10(15)7-18(12)13/h2-7H,15H2,1H3. The van der Waals surface area contributed by atoms with Gasteiger partial charge in [-0.3, -0.25) is 4.40 Å². The van der Waals surface area contributed by atoms with Crippen molar-refractivity contribution >= 4 is 11.3 Å². The van der Waals surface area contributed by atoms with E-state index >= 15 is 0 Å². The first-order valence-electron chi connectivity index (χ1n) is 5.52. The molecule has 0 spiro atoms. The van der Waals surface area contributed by atoms with Gasteiger partial charge in [-0.2, -0.15) is 0 Å². The zero-order valence-electron chi connectivity index (χ0n) is 9.76. The highest BCUT2D eigenvalue weighted by molar-refractivity contribution is 5.61. The molecule has 0 atom stereocenters. The van der Waals surface area contributed by atoms with Gasteiger partial charge < -0.3 is 5.73 Å². The smallest absolute Gasteiger partial charge is 0.168 e. The molecule has 3 aromatic rings. The van der Waals surface area contributed by atoms with Gasteiger partial charge >= 0.3 is 0 Å². The molecular formula is C13H11FN4. The van der Waals surface area contributed by atoms with Crippen molar-refractivity contribution in [3.8, 4) is 11.4 Å². The van der Waals surface area contributed by atoms with Crippen LogP contribution in [0.1, 0.15) is 5.56 Å². The van der Waals surface area contributed by atoms with Crippen LogP contribution in [0.15, 0.2) is 36.5 Å². The third kappa shape index (κ3) is 1.60. The summed E-state index contributed by atoms with van der Waals surface area (Å²) in [7, 11) is 0. The molecule has 2 heterocycles. The molecule has 0 saturated heterocycles. The average molecular weight is 242 g/mol. The third-order valence-electron chi connectivity index (χ3n) is 2.84. The summed E-state index contributed by atoms with van der Waals surface area (Å²) in [6.45, 7) is 1.72. The number of hydrogen-bond donors (Lipinski definition) is 1. The van der Waals surface area contributed by atoms with E-state index in [1.54, 1.807) is 41.8 Å². The minimum absolute atomic E-state index is 0.230. The van der Waals surface area contributed by atoms with Gasteiger partial charge in [-0.15, -0.1) is 10.2 Å². The molecule has 0 aliphatic rings. The molecule has 4 nitrogen and oxygen atoms in total. The first-order chi connectivity index (χ1) is 8.65. The summed E-state index contributed by atoms with van der Waals surface area (Å²) >= 11 is 0. The van der Waals surface area contributed by atoms with Crippen molar-refractivity contribution in [2.45, 2.75) is 6.92 Å². The van der Waals surface area contributed by atoms with Crippen LogP contribution in [0, 0.1) is 12.7 Å². The number of hydrogen-bond acceptors (Lipinski definition) is 3. The van der Waals surface area contributed by atoms with E-state index in [4.69, 9.17) is 5.73 Å². The number of halogens is 1. The molecule has 2 N–H and O–H groups in total. The van der Waals surface area contributed by atoms with E-state index in [1.807, 2.05) is 0 Å². The first-order valence-corrected chi connectivity index (χ1v) is 5.52. The molecule has 18 heavy (non-hydrogen) atoms. The number of aromatic nitrogens is 3. The number of nitrogens with zero attached hydrogens (tertiary/aromatic N) is 3. The first kappa shape index (κ1) is 10.7. The molecule has 0 saturated carbocycles. The summed E-state index contributed by atoms with van der Waals surface area (Å²) in [5, 5.41) is 8.16. The second-order valence-electron chi connectivity index (χ2n) is 4.18. The van der Waals surface area contributed by atoms with Gasteiger partial charge in [0.15, 0.2) is 11.5 Å². The molecule has 2 aromatic heterocycles. The molecule has 0 bridgehead atoms. The van der Waals surface area contributed by atoms with Gasteiger partial charge in [0.05, 0.1) is 0 Å². The van der Waals surface area contributed by atoms with Crippen LogP contribution in [0.3, 0.4) is 0 Å². The van der Waals surface area contributed by atoms with Crippen molar-refractivity contribution in [2.75, 3.05) is 5.73 Å². The number of pyridine rings is 1. The van der Waals surface area contributed by atoms with Crippen LogP contribution < -0.4 is 5.73 Å². The number of fused-ring (bicyclic) bond motifs is 1. The van der Waals surface area contributed by atoms with Gasteiger partial charge in [-0.25, -0.2) is 4.39 Å². The Kier molecular flexibility index (Phi) is 2.26. The molecule has 0 unspecified atom stereocenters. The Morgan fingerprint density at radius 2 is 2.00 bits per heavy atom. The van der Waals surface area contributed by atoms with Crippen LogP contribution in [0.25, 0.3) is 17.0 Å². The molecule has 1 aromatic carbocycles. The normalized spacial score (nSPS) is 11.0. The number of nitrogens with two attached hydrogens (primary N) is 1. The highest BCUT2D eigenvalue weighted by Gasteiger charge is 2.09. The minimum atomic E-state index is -0.230. The third-order valence-corrected chi connectivity index (χ3v) is 2.84. The van der Waals surface area contributed by atoms with Crippen LogP contribution in [0.4, 0.5) is 10.1 Å². The maximum absolute atomic E-state index is 13.3. The molecule has 0 fully saturated rings. The summed E-state index contributed by atoms with van der Waals surface area (Å²) in [5.74, 6) is 0.424. The number of anilines is 1. The van der Waals surface area contributed by atoms with Crippen molar-refractivity contribution in [1.82, 2.24) is 14.6 Å². The predicted molar refractivity (Wildman–Crippen MR) is 67.5 cm³/mol. The van der Waals surface area contributed by atoms with E-state index in [9.17, 15) is 4.39 Å². The van der Waals surface area contributed by atoms with Gasteiger partial charge in [0.2, 0.25) is 0 Å². The van der Waals surface area contributed by atoms with Crippen LogP contribution >= 0.6 is 0 Å². The number of benzene rings is 1. The highest BCUT2D eigenvalue weighted by Crippen LogP contribution is 2.21. The van der Waals surface area contributed by atoms with Gasteiger partial charge in [0.25, 0.3) is 0 Å². The van der Waals surface area contributed by atoms with Crippen molar-refractivity contribution in [3.63, 3.8) is 0 Å². The van der Waals surface area contributed by atoms with E-state index < -0.39 is 0 Å². The lowest BCUT2D eigenvalue weighted by molar-refractivity contribution is 0.618. The highest BCUT2D eigenvalue weighted by atomic mass is 19.1. The Hall–Kier alpha value is -2.43. The van der Waals surface area contributed by atoms with Crippen molar-refractivity contribution in [3.05, 3.63) is 47.9 Å². The quantitative estimate of drug-likeness (QED) is 0.713. The number of rotatable bonds is 1. The van der Waals surface area contributed by atoms with E-state index in [0.29, 0.717) is 22.7 Å². The largest absolute Gasteiger partial charge is 0.398 e. The molecular weight excluding hydrogens is 231 g/mol. The summed E-state index contributed by atoms with van der Waals surface area (Å²) in [4.78, 5) is 0. The molecule has 3 rings (SSSR count). The average Bonchev–Trinajstić information content (AvgIpc) is 2.75. The van der Waals surface area contributed by atoms with Crippen molar-refractivity contribution in [2.24, 2.45) is 0 Å². The van der Waals surface area contributed by atoms with Gasteiger partial charge in [0.1, 0.15) is 5.82 Å². The minimum Gasteiger partial charge on any atom is -0.398 e. The van der Waals surface area contributed by atoms with Crippen LogP contribution in [0.5, 0.6) is 0 Å². The van der Waals surface area contributed by atoms with Crippen molar-refractivity contribution in [1.29, 1.82) is 0 Å². The molecule has 5 heteroatoms. The summed E-state index contributed by atoms with van der Waals surface area (Å²) < 4.78 is 15.0. The summed E-state index contributed by atoms with van der Waals surface area (Å²) in [6, 6.07) is 8.42. The Morgan fingerprint density at radius 1 is 1.17 bits per heavy atom. The van der Waals surface area contributed by atoms with Crippen LogP contribution in [-0.2, 0) is 0 Å². The summed E-state index contributed by atoms with van der Waals surface area (Å²) in [5.41, 5.74) is 8.47. The molecule has 0 amide bonds. The second kappa shape index (κ2) is 3.80. The number of nitrogen functional groups attached to an aromatic ring is 1. The fraction of sp³-hybridized carbons (Fsp3) is 0.0769. The van der Waals surface area contributed by atoms with E-state index in [0.717, 1.165) is 5.56 Å². The fourth-order valence-electron chi connectivity index (χ4n) is 1.89. The lowest BCUT2D eigenvalue weighted by Gasteiger charge is -2.03. The summed E-state index contributed by atoms with van der Waals surface area (Å²) in [6.07, 6.45) is 1.75. The predicted octanol–water partition coefficient (Wildman–Crippen LogP) is 2.43. The Balaban J connectivity index is 2.24. The maximum Gasteiger partial charge on any atom is 0.168 e. The van der Waals surface area contributed by atoms with E-state index in [-0.39, 0.29) is 5.82 Å². The Bertz CT molecular complexity index is 733. The topological polar surface area (TPSA) is 56.2 Å². The molecule has 0 aliphatic carbocycles. The monoisotopic (exact) mass is 242 g/mol. The van der Waals surface area contributed by atoms with Gasteiger partial charge in [-0.1, -0.05) is 0 Å². The lowest BCUT2D eigenvalue weighted by Crippen LogP contribution is -1.93. The zero-order chi connectivity index (χ0) is 12.7. The maximum atomic E-state index is 13.3. The van der Waals surface area contributed by atoms with Gasteiger partial charge in [0, 0.05) is 17.4 Å². The Labute approximate surface area is 103 Å². The number of aryl methyl sites for hydroxylation is 1. The van der Waals surface area contributed by atoms with E-state index in [1.165, 1.54) is 6.07 Å². The van der Waals surface area contributed by atoms with Crippen molar-refractivity contribution < 1.29 is 4.39 Å². The molecule has 0 radical (unpaired) electrons. The van der Waals surface area contributed by atoms with Crippen LogP contribution in [-0.4, -0.2) is 14.6 Å². The van der Waals surface area contributed by atoms with Crippen LogP contribution in [0.2, 0.25) is 0 Å². The Morgan fingerprint density at radius 3 is 2.78 bits per heavy atom. The molecule has 90 valence electrons. The van der Waals surface area contributed by atoms with Gasteiger partial charge in [-0.05, 0) is 42.8 Å². The zero-order valence-corrected chi connectivity index (χ0v) is 9.76. The SMILES string of the molecule is Cc1cc(-c2nnc3ccc(N)cn23)ccc1F. The fourth-order valence-corrected chi connectivity index (χ4v) is 1.89. The second-order valence-corrected chi connectivity index (χ2v) is 4.18. The lowest BCUT2D eigenvalue weighted by atomic mass is 10.1.